The molecular weight excluding hydrogens is 254 g/mol. The van der Waals surface area contributed by atoms with Gasteiger partial charge in [0.25, 0.3) is 0 Å². The van der Waals surface area contributed by atoms with Crippen molar-refractivity contribution < 1.29 is 4.92 Å². The zero-order valence-electron chi connectivity index (χ0n) is 9.36. The molecule has 0 aliphatic carbocycles. The molecule has 0 unspecified atom stereocenters. The second kappa shape index (κ2) is 5.46. The number of aromatic nitrogens is 1. The van der Waals surface area contributed by atoms with Crippen molar-refractivity contribution in [1.82, 2.24) is 4.98 Å². The summed E-state index contributed by atoms with van der Waals surface area (Å²) < 4.78 is 1.24. The molecule has 0 N–H and O–H groups in total. The summed E-state index contributed by atoms with van der Waals surface area (Å²) in [6.45, 7) is 0.347. The van der Waals surface area contributed by atoms with Gasteiger partial charge in [-0.05, 0) is 11.6 Å². The van der Waals surface area contributed by atoms with Gasteiger partial charge in [-0.1, -0.05) is 30.3 Å². The molecule has 0 aliphatic heterocycles. The van der Waals surface area contributed by atoms with Gasteiger partial charge in [-0.3, -0.25) is 14.5 Å². The summed E-state index contributed by atoms with van der Waals surface area (Å²) in [5, 5.41) is 10.9. The summed E-state index contributed by atoms with van der Waals surface area (Å²) >= 11 is 6.06. The normalized spacial score (nSPS) is 10.1. The Morgan fingerprint density at radius 3 is 2.61 bits per heavy atom. The number of halogens is 1. The van der Waals surface area contributed by atoms with Crippen molar-refractivity contribution in [2.75, 3.05) is 4.42 Å². The Morgan fingerprint density at radius 1 is 1.22 bits per heavy atom. The average Bonchev–Trinajstić information content (AvgIpc) is 2.40. The van der Waals surface area contributed by atoms with Crippen LogP contribution in [-0.2, 0) is 6.54 Å². The van der Waals surface area contributed by atoms with Crippen molar-refractivity contribution in [1.29, 1.82) is 0 Å². The Bertz CT molecular complexity index is 548. The second-order valence-corrected chi connectivity index (χ2v) is 4.02. The van der Waals surface area contributed by atoms with Crippen molar-refractivity contribution in [2.24, 2.45) is 0 Å². The SMILES string of the molecule is O=[N+]([O-])c1cccnc1N(Cl)Cc1ccccc1. The van der Waals surface area contributed by atoms with E-state index in [0.29, 0.717) is 6.54 Å². The highest BCUT2D eigenvalue weighted by Crippen LogP contribution is 2.27. The van der Waals surface area contributed by atoms with Crippen molar-refractivity contribution in [3.8, 4) is 0 Å². The van der Waals surface area contributed by atoms with Crippen LogP contribution in [0.25, 0.3) is 0 Å². The minimum atomic E-state index is -0.497. The van der Waals surface area contributed by atoms with E-state index in [1.807, 2.05) is 30.3 Å². The van der Waals surface area contributed by atoms with E-state index in [-0.39, 0.29) is 11.5 Å². The maximum absolute atomic E-state index is 10.9. The molecule has 18 heavy (non-hydrogen) atoms. The van der Waals surface area contributed by atoms with E-state index < -0.39 is 4.92 Å². The topological polar surface area (TPSA) is 59.3 Å². The maximum atomic E-state index is 10.9. The van der Waals surface area contributed by atoms with Gasteiger partial charge in [-0.2, -0.15) is 0 Å². The molecule has 1 aromatic carbocycles. The van der Waals surface area contributed by atoms with Crippen molar-refractivity contribution >= 4 is 23.3 Å². The zero-order chi connectivity index (χ0) is 13.0. The molecule has 0 amide bonds. The van der Waals surface area contributed by atoms with Gasteiger partial charge in [0.1, 0.15) is 0 Å². The minimum absolute atomic E-state index is 0.108. The van der Waals surface area contributed by atoms with E-state index in [9.17, 15) is 10.1 Å². The van der Waals surface area contributed by atoms with E-state index in [0.717, 1.165) is 5.56 Å². The summed E-state index contributed by atoms with van der Waals surface area (Å²) in [5.74, 6) is 0.146. The fourth-order valence-corrected chi connectivity index (χ4v) is 1.80. The fraction of sp³-hybridized carbons (Fsp3) is 0.0833. The highest BCUT2D eigenvalue weighted by Gasteiger charge is 2.19. The summed E-state index contributed by atoms with van der Waals surface area (Å²) in [4.78, 5) is 14.3. The zero-order valence-corrected chi connectivity index (χ0v) is 10.1. The Morgan fingerprint density at radius 2 is 1.94 bits per heavy atom. The van der Waals surface area contributed by atoms with E-state index in [1.54, 1.807) is 0 Å². The van der Waals surface area contributed by atoms with Crippen LogP contribution >= 0.6 is 11.8 Å². The fourth-order valence-electron chi connectivity index (χ4n) is 1.54. The van der Waals surface area contributed by atoms with Crippen LogP contribution in [0.2, 0.25) is 0 Å². The molecule has 0 bridgehead atoms. The van der Waals surface area contributed by atoms with Crippen LogP contribution in [0, 0.1) is 10.1 Å². The lowest BCUT2D eigenvalue weighted by atomic mass is 10.2. The van der Waals surface area contributed by atoms with Crippen LogP contribution in [0.4, 0.5) is 11.5 Å². The molecule has 6 heteroatoms. The molecule has 0 radical (unpaired) electrons. The van der Waals surface area contributed by atoms with Crippen molar-refractivity contribution in [2.45, 2.75) is 6.54 Å². The average molecular weight is 264 g/mol. The number of nitro groups is 1. The van der Waals surface area contributed by atoms with Crippen LogP contribution < -0.4 is 4.42 Å². The smallest absolute Gasteiger partial charge is 0.259 e. The number of rotatable bonds is 4. The van der Waals surface area contributed by atoms with Gasteiger partial charge in [0.2, 0.25) is 5.82 Å². The molecule has 2 rings (SSSR count). The molecular formula is C12H10ClN3O2. The van der Waals surface area contributed by atoms with Gasteiger partial charge in [0.05, 0.1) is 11.5 Å². The van der Waals surface area contributed by atoms with Gasteiger partial charge in [-0.15, -0.1) is 0 Å². The Kier molecular flexibility index (Phi) is 3.74. The molecule has 0 saturated heterocycles. The van der Waals surface area contributed by atoms with Crippen LogP contribution in [0.15, 0.2) is 48.7 Å². The van der Waals surface area contributed by atoms with E-state index >= 15 is 0 Å². The largest absolute Gasteiger partial charge is 0.312 e. The third kappa shape index (κ3) is 2.75. The number of anilines is 1. The number of pyridine rings is 1. The first-order valence-electron chi connectivity index (χ1n) is 5.25. The standard InChI is InChI=1S/C12H10ClN3O2/c13-15(9-10-5-2-1-3-6-10)12-11(16(17)18)7-4-8-14-12/h1-8H,9H2. The molecule has 0 aliphatic rings. The molecule has 92 valence electrons. The van der Waals surface area contributed by atoms with Gasteiger partial charge in [0, 0.05) is 24.0 Å². The predicted molar refractivity (Wildman–Crippen MR) is 69.4 cm³/mol. The highest BCUT2D eigenvalue weighted by atomic mass is 35.5. The third-order valence-electron chi connectivity index (χ3n) is 2.36. The summed E-state index contributed by atoms with van der Waals surface area (Å²) in [5.41, 5.74) is 0.843. The second-order valence-electron chi connectivity index (χ2n) is 3.61. The Balaban J connectivity index is 2.24. The van der Waals surface area contributed by atoms with Gasteiger partial charge in [0.15, 0.2) is 0 Å². The molecule has 1 heterocycles. The van der Waals surface area contributed by atoms with E-state index in [4.69, 9.17) is 11.8 Å². The number of hydrogen-bond acceptors (Lipinski definition) is 4. The lowest BCUT2D eigenvalue weighted by Crippen LogP contribution is -2.12. The summed E-state index contributed by atoms with van der Waals surface area (Å²) in [6, 6.07) is 12.3. The monoisotopic (exact) mass is 263 g/mol. The summed E-state index contributed by atoms with van der Waals surface area (Å²) in [7, 11) is 0. The van der Waals surface area contributed by atoms with Crippen LogP contribution in [-0.4, -0.2) is 9.91 Å². The lowest BCUT2D eigenvalue weighted by Gasteiger charge is -2.14. The summed E-state index contributed by atoms with van der Waals surface area (Å²) in [6.07, 6.45) is 1.47. The molecule has 0 saturated carbocycles. The molecule has 2 aromatic rings. The first kappa shape index (κ1) is 12.3. The lowest BCUT2D eigenvalue weighted by molar-refractivity contribution is -0.384. The highest BCUT2D eigenvalue weighted by molar-refractivity contribution is 6.25. The first-order chi connectivity index (χ1) is 8.68. The van der Waals surface area contributed by atoms with Crippen LogP contribution in [0.3, 0.4) is 0 Å². The van der Waals surface area contributed by atoms with Crippen LogP contribution in [0.1, 0.15) is 5.56 Å². The van der Waals surface area contributed by atoms with Gasteiger partial charge >= 0.3 is 5.69 Å². The molecule has 0 fully saturated rings. The Labute approximate surface area is 109 Å². The molecule has 5 nitrogen and oxygen atoms in total. The van der Waals surface area contributed by atoms with Crippen molar-refractivity contribution in [3.63, 3.8) is 0 Å². The van der Waals surface area contributed by atoms with E-state index in [2.05, 4.69) is 4.98 Å². The number of hydrogen-bond donors (Lipinski definition) is 0. The third-order valence-corrected chi connectivity index (χ3v) is 2.64. The van der Waals surface area contributed by atoms with Crippen LogP contribution in [0.5, 0.6) is 0 Å². The predicted octanol–water partition coefficient (Wildman–Crippen LogP) is 3.15. The maximum Gasteiger partial charge on any atom is 0.312 e. The van der Waals surface area contributed by atoms with Gasteiger partial charge in [-0.25, -0.2) is 4.98 Å². The first-order valence-corrected chi connectivity index (χ1v) is 5.59. The Hall–Kier alpha value is -2.14. The van der Waals surface area contributed by atoms with Crippen molar-refractivity contribution in [3.05, 3.63) is 64.3 Å². The minimum Gasteiger partial charge on any atom is -0.259 e. The number of nitrogens with zero attached hydrogens (tertiary/aromatic N) is 3. The van der Waals surface area contributed by atoms with E-state index in [1.165, 1.54) is 22.7 Å². The molecule has 1 aromatic heterocycles. The quantitative estimate of drug-likeness (QED) is 0.483. The number of benzene rings is 1. The molecule has 0 spiro atoms. The molecule has 0 atom stereocenters. The van der Waals surface area contributed by atoms with Gasteiger partial charge < -0.3 is 0 Å².